The highest BCUT2D eigenvalue weighted by Gasteiger charge is 2.29. The van der Waals surface area contributed by atoms with Gasteiger partial charge in [0, 0.05) is 43.0 Å². The molecule has 2 heterocycles. The molecule has 0 radical (unpaired) electrons. The van der Waals surface area contributed by atoms with Crippen molar-refractivity contribution in [2.24, 2.45) is 0 Å². The fraction of sp³-hybridized carbons (Fsp3) is 0.294. The number of nitrogens with zero attached hydrogens (tertiary/aromatic N) is 2. The molecule has 0 amide bonds. The van der Waals surface area contributed by atoms with Gasteiger partial charge in [0.1, 0.15) is 0 Å². The Bertz CT molecular complexity index is 878. The Kier molecular flexibility index (Phi) is 4.23. The standard InChI is InChI=1S/C17H17ClN2O4S/c18-13-1-4-15(5-2-13)25(21,22)20-9-7-19(8-10-20)14-3-6-16-17(11-14)24-12-23-16/h1-6,11H,7-10,12H2. The highest BCUT2D eigenvalue weighted by Crippen LogP contribution is 2.35. The minimum Gasteiger partial charge on any atom is -0.454 e. The third-order valence-corrected chi connectivity index (χ3v) is 6.58. The van der Waals surface area contributed by atoms with E-state index >= 15 is 0 Å². The number of ether oxygens (including phenoxy) is 2. The Morgan fingerprint density at radius 1 is 0.880 bits per heavy atom. The number of hydrogen-bond acceptors (Lipinski definition) is 5. The minimum atomic E-state index is -3.49. The van der Waals surface area contributed by atoms with E-state index in [2.05, 4.69) is 4.90 Å². The molecule has 0 aromatic heterocycles. The molecule has 0 saturated carbocycles. The predicted octanol–water partition coefficient (Wildman–Crippen LogP) is 2.58. The maximum absolute atomic E-state index is 12.7. The van der Waals surface area contributed by atoms with Gasteiger partial charge >= 0.3 is 0 Å². The van der Waals surface area contributed by atoms with E-state index in [9.17, 15) is 8.42 Å². The van der Waals surface area contributed by atoms with Gasteiger partial charge in [-0.05, 0) is 36.4 Å². The molecule has 6 nitrogen and oxygen atoms in total. The molecule has 1 saturated heterocycles. The van der Waals surface area contributed by atoms with E-state index in [-0.39, 0.29) is 11.7 Å². The number of anilines is 1. The van der Waals surface area contributed by atoms with E-state index in [1.165, 1.54) is 4.31 Å². The Balaban J connectivity index is 1.47. The van der Waals surface area contributed by atoms with Crippen LogP contribution in [-0.4, -0.2) is 45.7 Å². The van der Waals surface area contributed by atoms with Crippen molar-refractivity contribution in [3.05, 3.63) is 47.5 Å². The van der Waals surface area contributed by atoms with Gasteiger partial charge in [-0.2, -0.15) is 4.31 Å². The molecular weight excluding hydrogens is 364 g/mol. The van der Waals surface area contributed by atoms with Crippen LogP contribution in [-0.2, 0) is 10.0 Å². The molecule has 25 heavy (non-hydrogen) atoms. The van der Waals surface area contributed by atoms with Gasteiger partial charge in [0.25, 0.3) is 0 Å². The Morgan fingerprint density at radius 2 is 1.56 bits per heavy atom. The first-order valence-electron chi connectivity index (χ1n) is 7.94. The molecule has 0 atom stereocenters. The molecule has 0 aliphatic carbocycles. The summed E-state index contributed by atoms with van der Waals surface area (Å²) in [5.41, 5.74) is 1.01. The number of halogens is 1. The third kappa shape index (κ3) is 3.15. The van der Waals surface area contributed by atoms with Crippen LogP contribution in [0, 0.1) is 0 Å². The van der Waals surface area contributed by atoms with Crippen LogP contribution < -0.4 is 14.4 Å². The van der Waals surface area contributed by atoms with Gasteiger partial charge in [-0.15, -0.1) is 0 Å². The summed E-state index contributed by atoms with van der Waals surface area (Å²) >= 11 is 5.84. The first kappa shape index (κ1) is 16.5. The van der Waals surface area contributed by atoms with Crippen molar-refractivity contribution in [2.45, 2.75) is 4.90 Å². The monoisotopic (exact) mass is 380 g/mol. The topological polar surface area (TPSA) is 59.1 Å². The summed E-state index contributed by atoms with van der Waals surface area (Å²) < 4.78 is 37.7. The lowest BCUT2D eigenvalue weighted by Crippen LogP contribution is -2.48. The van der Waals surface area contributed by atoms with E-state index in [0.717, 1.165) is 17.2 Å². The van der Waals surface area contributed by atoms with E-state index < -0.39 is 10.0 Å². The molecule has 4 rings (SSSR count). The van der Waals surface area contributed by atoms with E-state index in [1.54, 1.807) is 24.3 Å². The first-order valence-corrected chi connectivity index (χ1v) is 9.76. The average Bonchev–Trinajstić information content (AvgIpc) is 3.10. The zero-order chi connectivity index (χ0) is 17.4. The van der Waals surface area contributed by atoms with Gasteiger partial charge in [0.2, 0.25) is 16.8 Å². The summed E-state index contributed by atoms with van der Waals surface area (Å²) in [5, 5.41) is 0.520. The molecule has 2 aromatic rings. The van der Waals surface area contributed by atoms with Crippen LogP contribution >= 0.6 is 11.6 Å². The van der Waals surface area contributed by atoms with Gasteiger partial charge in [-0.1, -0.05) is 11.6 Å². The zero-order valence-corrected chi connectivity index (χ0v) is 15.0. The van der Waals surface area contributed by atoms with E-state index in [4.69, 9.17) is 21.1 Å². The van der Waals surface area contributed by atoms with Crippen LogP contribution in [0.2, 0.25) is 5.02 Å². The van der Waals surface area contributed by atoms with Crippen LogP contribution in [0.4, 0.5) is 5.69 Å². The van der Waals surface area contributed by atoms with Crippen LogP contribution in [0.25, 0.3) is 0 Å². The minimum absolute atomic E-state index is 0.242. The highest BCUT2D eigenvalue weighted by molar-refractivity contribution is 7.89. The molecule has 2 aliphatic heterocycles. The fourth-order valence-electron chi connectivity index (χ4n) is 3.02. The maximum Gasteiger partial charge on any atom is 0.243 e. The first-order chi connectivity index (χ1) is 12.0. The summed E-state index contributed by atoms with van der Waals surface area (Å²) in [7, 11) is -3.49. The Morgan fingerprint density at radius 3 is 2.28 bits per heavy atom. The Labute approximate surface area is 151 Å². The quantitative estimate of drug-likeness (QED) is 0.819. The number of sulfonamides is 1. The molecule has 0 N–H and O–H groups in total. The zero-order valence-electron chi connectivity index (χ0n) is 13.4. The summed E-state index contributed by atoms with van der Waals surface area (Å²) in [5.74, 6) is 1.47. The van der Waals surface area contributed by atoms with Crippen molar-refractivity contribution < 1.29 is 17.9 Å². The molecule has 0 bridgehead atoms. The van der Waals surface area contributed by atoms with Gasteiger partial charge in [0.05, 0.1) is 4.90 Å². The van der Waals surface area contributed by atoms with E-state index in [0.29, 0.717) is 31.2 Å². The summed E-state index contributed by atoms with van der Waals surface area (Å²) in [6.45, 7) is 2.34. The van der Waals surface area contributed by atoms with E-state index in [1.807, 2.05) is 18.2 Å². The molecule has 0 unspecified atom stereocenters. The summed E-state index contributed by atoms with van der Waals surface area (Å²) in [6.07, 6.45) is 0. The highest BCUT2D eigenvalue weighted by atomic mass is 35.5. The van der Waals surface area contributed by atoms with Crippen LogP contribution in [0.5, 0.6) is 11.5 Å². The second kappa shape index (κ2) is 6.40. The van der Waals surface area contributed by atoms with Gasteiger partial charge in [-0.25, -0.2) is 8.42 Å². The molecule has 132 valence electrons. The molecule has 2 aromatic carbocycles. The molecule has 1 fully saturated rings. The molecule has 2 aliphatic rings. The van der Waals surface area contributed by atoms with Crippen molar-refractivity contribution in [1.82, 2.24) is 4.31 Å². The fourth-order valence-corrected chi connectivity index (χ4v) is 4.57. The lowest BCUT2D eigenvalue weighted by atomic mass is 10.2. The lowest BCUT2D eigenvalue weighted by Gasteiger charge is -2.35. The van der Waals surface area contributed by atoms with Gasteiger partial charge < -0.3 is 14.4 Å². The van der Waals surface area contributed by atoms with Crippen LogP contribution in [0.15, 0.2) is 47.4 Å². The second-order valence-corrected chi connectivity index (χ2v) is 8.26. The maximum atomic E-state index is 12.7. The van der Waals surface area contributed by atoms with Gasteiger partial charge in [0.15, 0.2) is 11.5 Å². The predicted molar refractivity (Wildman–Crippen MR) is 95.0 cm³/mol. The number of benzene rings is 2. The lowest BCUT2D eigenvalue weighted by molar-refractivity contribution is 0.174. The summed E-state index contributed by atoms with van der Waals surface area (Å²) in [6, 6.07) is 12.1. The second-order valence-electron chi connectivity index (χ2n) is 5.88. The van der Waals surface area contributed by atoms with Crippen LogP contribution in [0.3, 0.4) is 0 Å². The van der Waals surface area contributed by atoms with Crippen molar-refractivity contribution in [1.29, 1.82) is 0 Å². The van der Waals surface area contributed by atoms with Gasteiger partial charge in [-0.3, -0.25) is 0 Å². The summed E-state index contributed by atoms with van der Waals surface area (Å²) in [4.78, 5) is 2.42. The molecular formula is C17H17ClN2O4S. The number of piperazine rings is 1. The molecule has 0 spiro atoms. The Hall–Kier alpha value is -1.96. The normalized spacial score (nSPS) is 17.7. The van der Waals surface area contributed by atoms with Crippen molar-refractivity contribution in [2.75, 3.05) is 37.9 Å². The van der Waals surface area contributed by atoms with Crippen molar-refractivity contribution in [3.63, 3.8) is 0 Å². The number of rotatable bonds is 3. The largest absolute Gasteiger partial charge is 0.454 e. The number of hydrogen-bond donors (Lipinski definition) is 0. The average molecular weight is 381 g/mol. The SMILES string of the molecule is O=S(=O)(c1ccc(Cl)cc1)N1CCN(c2ccc3c(c2)OCO3)CC1. The third-order valence-electron chi connectivity index (χ3n) is 4.41. The van der Waals surface area contributed by atoms with Crippen LogP contribution in [0.1, 0.15) is 0 Å². The smallest absolute Gasteiger partial charge is 0.243 e. The number of fused-ring (bicyclic) bond motifs is 1. The molecule has 8 heteroatoms. The van der Waals surface area contributed by atoms with Crippen molar-refractivity contribution >= 4 is 27.3 Å². The van der Waals surface area contributed by atoms with Crippen molar-refractivity contribution in [3.8, 4) is 11.5 Å².